The molecule has 84 valence electrons. The van der Waals surface area contributed by atoms with Crippen LogP contribution in [0.3, 0.4) is 0 Å². The van der Waals surface area contributed by atoms with Crippen LogP contribution in [0.15, 0.2) is 35.4 Å². The number of ketones is 1. The molecule has 0 fully saturated rings. The van der Waals surface area contributed by atoms with Gasteiger partial charge in [0.1, 0.15) is 5.78 Å². The van der Waals surface area contributed by atoms with Crippen LogP contribution in [0.5, 0.6) is 0 Å². The quantitative estimate of drug-likeness (QED) is 0.299. The fourth-order valence-corrected chi connectivity index (χ4v) is 1.49. The van der Waals surface area contributed by atoms with E-state index in [0.717, 1.165) is 19.3 Å². The van der Waals surface area contributed by atoms with E-state index in [2.05, 4.69) is 22.2 Å². The third-order valence-electron chi connectivity index (χ3n) is 2.32. The fraction of sp³-hybridized carbons (Fsp3) is 0.417. The van der Waals surface area contributed by atoms with Gasteiger partial charge in [0.25, 0.3) is 0 Å². The van der Waals surface area contributed by atoms with Crippen molar-refractivity contribution >= 4 is 5.78 Å². The second-order valence-corrected chi connectivity index (χ2v) is 3.62. The SMILES string of the molecule is [N-]=[N+]=NCC(=O)CCCCc1ccccc1. The van der Waals surface area contributed by atoms with Gasteiger partial charge >= 0.3 is 0 Å². The molecule has 16 heavy (non-hydrogen) atoms. The number of hydrogen-bond acceptors (Lipinski definition) is 2. The molecule has 0 aromatic heterocycles. The Morgan fingerprint density at radius 2 is 2.00 bits per heavy atom. The normalized spacial score (nSPS) is 9.50. The summed E-state index contributed by atoms with van der Waals surface area (Å²) in [5.74, 6) is 0.0193. The number of unbranched alkanes of at least 4 members (excludes halogenated alkanes) is 1. The standard InChI is InChI=1S/C12H15N3O/c13-15-14-10-12(16)9-5-4-8-11-6-2-1-3-7-11/h1-3,6-7H,4-5,8-10H2. The zero-order valence-electron chi connectivity index (χ0n) is 9.17. The van der Waals surface area contributed by atoms with Crippen molar-refractivity contribution in [3.8, 4) is 0 Å². The molecule has 0 N–H and O–H groups in total. The number of nitrogens with zero attached hydrogens (tertiary/aromatic N) is 3. The predicted octanol–water partition coefficient (Wildman–Crippen LogP) is 3.28. The van der Waals surface area contributed by atoms with Crippen LogP contribution in [0, 0.1) is 0 Å². The molecule has 0 aliphatic heterocycles. The minimum Gasteiger partial charge on any atom is -0.300 e. The number of rotatable bonds is 7. The highest BCUT2D eigenvalue weighted by atomic mass is 16.1. The van der Waals surface area contributed by atoms with Gasteiger partial charge in [0, 0.05) is 11.3 Å². The van der Waals surface area contributed by atoms with E-state index >= 15 is 0 Å². The van der Waals surface area contributed by atoms with Gasteiger partial charge in [0.2, 0.25) is 0 Å². The van der Waals surface area contributed by atoms with Crippen LogP contribution >= 0.6 is 0 Å². The second-order valence-electron chi connectivity index (χ2n) is 3.62. The first-order valence-electron chi connectivity index (χ1n) is 5.39. The van der Waals surface area contributed by atoms with Crippen molar-refractivity contribution in [3.05, 3.63) is 46.3 Å². The average molecular weight is 217 g/mol. The second kappa shape index (κ2) is 7.49. The zero-order chi connectivity index (χ0) is 11.6. The van der Waals surface area contributed by atoms with Gasteiger partial charge in [0.05, 0.1) is 6.54 Å². The molecule has 0 unspecified atom stereocenters. The summed E-state index contributed by atoms with van der Waals surface area (Å²) >= 11 is 0. The van der Waals surface area contributed by atoms with E-state index in [-0.39, 0.29) is 12.3 Å². The maximum atomic E-state index is 11.1. The number of hydrogen-bond donors (Lipinski definition) is 0. The van der Waals surface area contributed by atoms with Gasteiger partial charge in [-0.2, -0.15) is 0 Å². The Hall–Kier alpha value is -1.80. The molecular weight excluding hydrogens is 202 g/mol. The fourth-order valence-electron chi connectivity index (χ4n) is 1.49. The Labute approximate surface area is 94.9 Å². The molecule has 1 rings (SSSR count). The number of carbonyl (C=O) groups excluding carboxylic acids is 1. The lowest BCUT2D eigenvalue weighted by molar-refractivity contribution is -0.117. The third kappa shape index (κ3) is 5.17. The Balaban J connectivity index is 2.12. The molecule has 0 aliphatic rings. The summed E-state index contributed by atoms with van der Waals surface area (Å²) < 4.78 is 0. The molecule has 4 nitrogen and oxygen atoms in total. The van der Waals surface area contributed by atoms with Gasteiger partial charge in [-0.15, -0.1) is 0 Å². The smallest absolute Gasteiger partial charge is 0.138 e. The molecule has 1 aromatic rings. The molecule has 0 amide bonds. The zero-order valence-corrected chi connectivity index (χ0v) is 9.17. The number of benzene rings is 1. The molecule has 0 saturated carbocycles. The van der Waals surface area contributed by atoms with Crippen molar-refractivity contribution in [3.63, 3.8) is 0 Å². The van der Waals surface area contributed by atoms with E-state index < -0.39 is 0 Å². The Bertz CT molecular complexity index is 369. The van der Waals surface area contributed by atoms with Gasteiger partial charge in [-0.05, 0) is 30.4 Å². The Morgan fingerprint density at radius 3 is 2.69 bits per heavy atom. The van der Waals surface area contributed by atoms with Crippen LogP contribution in [0.4, 0.5) is 0 Å². The highest BCUT2D eigenvalue weighted by molar-refractivity contribution is 5.80. The highest BCUT2D eigenvalue weighted by Gasteiger charge is 1.99. The number of azide groups is 1. The first-order valence-corrected chi connectivity index (χ1v) is 5.39. The molecule has 0 atom stereocenters. The lowest BCUT2D eigenvalue weighted by Gasteiger charge is -2.00. The van der Waals surface area contributed by atoms with E-state index in [1.165, 1.54) is 5.56 Å². The van der Waals surface area contributed by atoms with E-state index in [1.807, 2.05) is 18.2 Å². The summed E-state index contributed by atoms with van der Waals surface area (Å²) in [6, 6.07) is 10.2. The topological polar surface area (TPSA) is 65.8 Å². The lowest BCUT2D eigenvalue weighted by Crippen LogP contribution is -2.01. The molecular formula is C12H15N3O. The Kier molecular flexibility index (Phi) is 5.74. The maximum Gasteiger partial charge on any atom is 0.138 e. The van der Waals surface area contributed by atoms with Gasteiger partial charge in [-0.1, -0.05) is 35.4 Å². The minimum atomic E-state index is -0.0121. The van der Waals surface area contributed by atoms with E-state index in [1.54, 1.807) is 0 Å². The molecule has 0 aliphatic carbocycles. The molecule has 0 heterocycles. The molecule has 4 heteroatoms. The third-order valence-corrected chi connectivity index (χ3v) is 2.32. The summed E-state index contributed by atoms with van der Waals surface area (Å²) in [6.45, 7) is -0.0121. The van der Waals surface area contributed by atoms with Crippen molar-refractivity contribution in [1.82, 2.24) is 0 Å². The highest BCUT2D eigenvalue weighted by Crippen LogP contribution is 2.06. The van der Waals surface area contributed by atoms with Gasteiger partial charge in [-0.25, -0.2) is 0 Å². The van der Waals surface area contributed by atoms with Gasteiger partial charge in [-0.3, -0.25) is 4.79 Å². The van der Waals surface area contributed by atoms with Crippen molar-refractivity contribution < 1.29 is 4.79 Å². The van der Waals surface area contributed by atoms with Crippen LogP contribution < -0.4 is 0 Å². The Morgan fingerprint density at radius 1 is 1.25 bits per heavy atom. The maximum absolute atomic E-state index is 11.1. The van der Waals surface area contributed by atoms with Crippen LogP contribution in [0.1, 0.15) is 24.8 Å². The van der Waals surface area contributed by atoms with E-state index in [9.17, 15) is 4.79 Å². The van der Waals surface area contributed by atoms with Crippen LogP contribution in [-0.2, 0) is 11.2 Å². The monoisotopic (exact) mass is 217 g/mol. The van der Waals surface area contributed by atoms with Crippen molar-refractivity contribution in [1.29, 1.82) is 0 Å². The summed E-state index contributed by atoms with van der Waals surface area (Å²) in [5, 5.41) is 3.24. The molecule has 0 radical (unpaired) electrons. The minimum absolute atomic E-state index is 0.0121. The van der Waals surface area contributed by atoms with Crippen LogP contribution in [0.25, 0.3) is 10.4 Å². The number of aryl methyl sites for hydroxylation is 1. The summed E-state index contributed by atoms with van der Waals surface area (Å²) in [7, 11) is 0. The average Bonchev–Trinajstić information content (AvgIpc) is 2.33. The van der Waals surface area contributed by atoms with Gasteiger partial charge < -0.3 is 0 Å². The van der Waals surface area contributed by atoms with Crippen molar-refractivity contribution in [2.45, 2.75) is 25.7 Å². The van der Waals surface area contributed by atoms with Crippen molar-refractivity contribution in [2.24, 2.45) is 5.11 Å². The molecule has 1 aromatic carbocycles. The number of Topliss-reactive ketones (excluding diaryl/α,β-unsaturated/α-hetero) is 1. The molecule has 0 bridgehead atoms. The molecule has 0 saturated heterocycles. The van der Waals surface area contributed by atoms with Gasteiger partial charge in [0.15, 0.2) is 0 Å². The molecule has 0 spiro atoms. The first-order chi connectivity index (χ1) is 7.83. The van der Waals surface area contributed by atoms with Crippen molar-refractivity contribution in [2.75, 3.05) is 6.54 Å². The van der Waals surface area contributed by atoms with E-state index in [0.29, 0.717) is 6.42 Å². The lowest BCUT2D eigenvalue weighted by atomic mass is 10.1. The summed E-state index contributed by atoms with van der Waals surface area (Å²) in [4.78, 5) is 13.7. The largest absolute Gasteiger partial charge is 0.300 e. The first kappa shape index (κ1) is 12.3. The number of carbonyl (C=O) groups is 1. The summed E-state index contributed by atoms with van der Waals surface area (Å²) in [6.07, 6.45) is 3.35. The predicted molar refractivity (Wildman–Crippen MR) is 63.0 cm³/mol. The summed E-state index contributed by atoms with van der Waals surface area (Å²) in [5.41, 5.74) is 9.34. The van der Waals surface area contributed by atoms with Crippen LogP contribution in [-0.4, -0.2) is 12.3 Å². The van der Waals surface area contributed by atoms with Crippen LogP contribution in [0.2, 0.25) is 0 Å². The van der Waals surface area contributed by atoms with E-state index in [4.69, 9.17) is 5.53 Å².